The monoisotopic (exact) mass is 385 g/mol. The van der Waals surface area contributed by atoms with Gasteiger partial charge in [0.05, 0.1) is 6.61 Å². The number of nitrogens with two attached hydrogens (primary N) is 1. The molecule has 27 heavy (non-hydrogen) atoms. The van der Waals surface area contributed by atoms with E-state index in [0.29, 0.717) is 38.5 Å². The van der Waals surface area contributed by atoms with Crippen molar-refractivity contribution in [2.24, 2.45) is 5.73 Å². The largest absolute Gasteiger partial charge is 0.450 e. The van der Waals surface area contributed by atoms with Crippen LogP contribution in [0.4, 0.5) is 9.18 Å². The number of carbonyl (C=O) groups excluding carboxylic acids is 4. The van der Waals surface area contributed by atoms with Gasteiger partial charge < -0.3 is 21.1 Å². The second-order valence-electron chi connectivity index (χ2n) is 7.45. The fourth-order valence-electron chi connectivity index (χ4n) is 4.05. The number of alkyl carbamates (subject to hydrolysis) is 1. The molecule has 0 aromatic heterocycles. The Kier molecular flexibility index (Phi) is 6.78. The average molecular weight is 385 g/mol. The van der Waals surface area contributed by atoms with E-state index >= 15 is 0 Å². The highest BCUT2D eigenvalue weighted by atomic mass is 19.1. The van der Waals surface area contributed by atoms with E-state index in [1.54, 1.807) is 6.92 Å². The number of rotatable bonds is 8. The van der Waals surface area contributed by atoms with Gasteiger partial charge in [0.25, 0.3) is 5.91 Å². The molecular weight excluding hydrogens is 357 g/mol. The van der Waals surface area contributed by atoms with E-state index in [1.165, 1.54) is 0 Å². The normalized spacial score (nSPS) is 21.3. The first-order valence-electron chi connectivity index (χ1n) is 9.50. The molecule has 0 radical (unpaired) electrons. The van der Waals surface area contributed by atoms with Crippen molar-refractivity contribution in [1.82, 2.24) is 10.6 Å². The van der Waals surface area contributed by atoms with Crippen molar-refractivity contribution < 1.29 is 28.3 Å². The Morgan fingerprint density at radius 1 is 1.07 bits per heavy atom. The Morgan fingerprint density at radius 3 is 2.15 bits per heavy atom. The molecule has 3 amide bonds. The molecule has 2 aliphatic rings. The molecule has 2 aliphatic carbocycles. The molecule has 9 heteroatoms. The zero-order valence-electron chi connectivity index (χ0n) is 15.6. The molecule has 0 aromatic rings. The highest BCUT2D eigenvalue weighted by Gasteiger charge is 2.47. The van der Waals surface area contributed by atoms with Gasteiger partial charge in [-0.2, -0.15) is 0 Å². The van der Waals surface area contributed by atoms with Crippen molar-refractivity contribution in [3.63, 3.8) is 0 Å². The van der Waals surface area contributed by atoms with Crippen molar-refractivity contribution >= 4 is 23.7 Å². The van der Waals surface area contributed by atoms with Gasteiger partial charge in [-0.1, -0.05) is 25.7 Å². The van der Waals surface area contributed by atoms with Gasteiger partial charge in [0.2, 0.25) is 11.7 Å². The summed E-state index contributed by atoms with van der Waals surface area (Å²) in [5.74, 6) is -2.69. The molecule has 1 atom stereocenters. The quantitative estimate of drug-likeness (QED) is 0.542. The summed E-state index contributed by atoms with van der Waals surface area (Å²) in [6.07, 6.45) is 2.90. The van der Waals surface area contributed by atoms with Gasteiger partial charge in [-0.3, -0.25) is 14.4 Å². The van der Waals surface area contributed by atoms with Crippen LogP contribution in [-0.4, -0.2) is 47.5 Å². The van der Waals surface area contributed by atoms with Crippen LogP contribution in [0.1, 0.15) is 64.7 Å². The molecule has 2 rings (SSSR count). The van der Waals surface area contributed by atoms with Gasteiger partial charge in [-0.15, -0.1) is 0 Å². The maximum Gasteiger partial charge on any atom is 0.407 e. The van der Waals surface area contributed by atoms with E-state index in [4.69, 9.17) is 10.5 Å². The van der Waals surface area contributed by atoms with Crippen LogP contribution in [-0.2, 0) is 19.1 Å². The summed E-state index contributed by atoms with van der Waals surface area (Å²) in [6.45, 7) is 1.71. The predicted octanol–water partition coefficient (Wildman–Crippen LogP) is 1.26. The van der Waals surface area contributed by atoms with Crippen molar-refractivity contribution in [3.05, 3.63) is 0 Å². The number of primary amides is 1. The fourth-order valence-corrected chi connectivity index (χ4v) is 4.05. The Labute approximate surface area is 157 Å². The van der Waals surface area contributed by atoms with Gasteiger partial charge in [0, 0.05) is 6.42 Å². The first-order valence-corrected chi connectivity index (χ1v) is 9.50. The van der Waals surface area contributed by atoms with E-state index in [-0.39, 0.29) is 25.9 Å². The van der Waals surface area contributed by atoms with Crippen LogP contribution >= 0.6 is 0 Å². The van der Waals surface area contributed by atoms with Crippen LogP contribution < -0.4 is 16.4 Å². The zero-order chi connectivity index (χ0) is 20.1. The Balaban J connectivity index is 2.16. The van der Waals surface area contributed by atoms with Crippen LogP contribution in [0.3, 0.4) is 0 Å². The van der Waals surface area contributed by atoms with E-state index in [2.05, 4.69) is 10.6 Å². The topological polar surface area (TPSA) is 128 Å². The molecule has 0 heterocycles. The van der Waals surface area contributed by atoms with Crippen LogP contribution in [0.15, 0.2) is 0 Å². The smallest absolute Gasteiger partial charge is 0.407 e. The molecule has 8 nitrogen and oxygen atoms in total. The molecule has 0 saturated heterocycles. The molecule has 0 aliphatic heterocycles. The lowest BCUT2D eigenvalue weighted by Gasteiger charge is -2.31. The molecule has 152 valence electrons. The van der Waals surface area contributed by atoms with Crippen LogP contribution in [0.25, 0.3) is 0 Å². The van der Waals surface area contributed by atoms with Crippen LogP contribution in [0.2, 0.25) is 0 Å². The molecular formula is C18H28FN3O5. The zero-order valence-corrected chi connectivity index (χ0v) is 15.6. The first kappa shape index (κ1) is 21.1. The number of halogens is 1. The summed E-state index contributed by atoms with van der Waals surface area (Å²) in [7, 11) is 0. The lowest BCUT2D eigenvalue weighted by atomic mass is 9.89. The standard InChI is InChI=1S/C18H28FN3O5/c1-2-27-16(26)21-12(11-17(19)7-3-4-8-17)15(25)22-18(9-5-6-10-18)13(23)14(20)24/h12H,2-11H2,1H3,(H2,20,24)(H,21,26)(H,22,25). The number of hydrogen-bond donors (Lipinski definition) is 3. The number of nitrogens with one attached hydrogen (secondary N) is 2. The fraction of sp³-hybridized carbons (Fsp3) is 0.778. The molecule has 0 aromatic carbocycles. The molecule has 2 fully saturated rings. The molecule has 4 N–H and O–H groups in total. The average Bonchev–Trinajstić information content (AvgIpc) is 3.24. The minimum absolute atomic E-state index is 0.102. The number of carbonyl (C=O) groups is 4. The number of Topliss-reactive ketones (excluding diaryl/α,β-unsaturated/α-hetero) is 1. The summed E-state index contributed by atoms with van der Waals surface area (Å²) in [4.78, 5) is 48.4. The third-order valence-electron chi connectivity index (χ3n) is 5.43. The summed E-state index contributed by atoms with van der Waals surface area (Å²) >= 11 is 0. The summed E-state index contributed by atoms with van der Waals surface area (Å²) in [6, 6.07) is -1.20. The predicted molar refractivity (Wildman–Crippen MR) is 94.4 cm³/mol. The van der Waals surface area contributed by atoms with Gasteiger partial charge in [0.15, 0.2) is 0 Å². The van der Waals surface area contributed by atoms with Crippen LogP contribution in [0.5, 0.6) is 0 Å². The van der Waals surface area contributed by atoms with Gasteiger partial charge >= 0.3 is 6.09 Å². The Bertz CT molecular complexity index is 598. The Hall–Kier alpha value is -2.19. The lowest BCUT2D eigenvalue weighted by molar-refractivity contribution is -0.142. The lowest BCUT2D eigenvalue weighted by Crippen LogP contribution is -2.61. The SMILES string of the molecule is CCOC(=O)NC(CC1(F)CCCC1)C(=O)NC1(C(=O)C(N)=O)CCCC1. The number of amides is 3. The maximum atomic E-state index is 14.9. The van der Waals surface area contributed by atoms with Crippen molar-refractivity contribution in [2.45, 2.75) is 82.0 Å². The Morgan fingerprint density at radius 2 is 1.63 bits per heavy atom. The minimum Gasteiger partial charge on any atom is -0.450 e. The highest BCUT2D eigenvalue weighted by molar-refractivity contribution is 6.39. The third kappa shape index (κ3) is 5.17. The number of alkyl halides is 1. The van der Waals surface area contributed by atoms with E-state index in [9.17, 15) is 23.6 Å². The van der Waals surface area contributed by atoms with Gasteiger partial charge in [-0.25, -0.2) is 9.18 Å². The number of hydrogen-bond acceptors (Lipinski definition) is 5. The van der Waals surface area contributed by atoms with Crippen molar-refractivity contribution in [1.29, 1.82) is 0 Å². The third-order valence-corrected chi connectivity index (χ3v) is 5.43. The minimum atomic E-state index is -1.56. The second kappa shape index (κ2) is 8.67. The number of ether oxygens (including phenoxy) is 1. The second-order valence-corrected chi connectivity index (χ2v) is 7.45. The number of ketones is 1. The summed E-state index contributed by atoms with van der Waals surface area (Å²) < 4.78 is 19.7. The van der Waals surface area contributed by atoms with E-state index in [0.717, 1.165) is 0 Å². The molecule has 0 bridgehead atoms. The first-order chi connectivity index (χ1) is 12.7. The molecule has 0 spiro atoms. The van der Waals surface area contributed by atoms with Gasteiger partial charge in [-0.05, 0) is 32.6 Å². The highest BCUT2D eigenvalue weighted by Crippen LogP contribution is 2.37. The molecule has 1 unspecified atom stereocenters. The van der Waals surface area contributed by atoms with Crippen LogP contribution in [0, 0.1) is 0 Å². The van der Waals surface area contributed by atoms with Crippen molar-refractivity contribution in [2.75, 3.05) is 6.61 Å². The molecule has 2 saturated carbocycles. The summed E-state index contributed by atoms with van der Waals surface area (Å²) in [5, 5.41) is 4.97. The maximum absolute atomic E-state index is 14.9. The summed E-state index contributed by atoms with van der Waals surface area (Å²) in [5.41, 5.74) is 2.20. The van der Waals surface area contributed by atoms with Gasteiger partial charge in [0.1, 0.15) is 17.2 Å². The van der Waals surface area contributed by atoms with E-state index < -0.39 is 40.9 Å². The van der Waals surface area contributed by atoms with Crippen molar-refractivity contribution in [3.8, 4) is 0 Å². The van der Waals surface area contributed by atoms with E-state index in [1.807, 2.05) is 0 Å².